The highest BCUT2D eigenvalue weighted by Gasteiger charge is 2.35. The Morgan fingerprint density at radius 3 is 1.28 bits per heavy atom. The predicted octanol–water partition coefficient (Wildman–Crippen LogP) is 11.8. The van der Waals surface area contributed by atoms with Crippen LogP contribution in [0.3, 0.4) is 0 Å². The minimum absolute atomic E-state index is 0.0980. The average molecular weight is 989 g/mol. The number of halogens is 8. The molecular weight excluding hydrogens is 945 g/mol. The van der Waals surface area contributed by atoms with E-state index in [1.165, 1.54) is 72.8 Å². The number of anilines is 2. The number of benzene rings is 4. The quantitative estimate of drug-likeness (QED) is 0.0914. The van der Waals surface area contributed by atoms with E-state index in [9.17, 15) is 52.0 Å². The molecule has 10 nitrogen and oxygen atoms in total. The van der Waals surface area contributed by atoms with Gasteiger partial charge in [0.1, 0.15) is 23.1 Å². The van der Waals surface area contributed by atoms with Crippen molar-refractivity contribution in [2.75, 3.05) is 22.7 Å². The number of pyridine rings is 2. The van der Waals surface area contributed by atoms with Crippen molar-refractivity contribution in [3.05, 3.63) is 166 Å². The largest absolute Gasteiger partial charge is 0.493 e. The lowest BCUT2D eigenvalue weighted by molar-refractivity contribution is -0.138. The summed E-state index contributed by atoms with van der Waals surface area (Å²) in [6, 6.07) is 23.8. The van der Waals surface area contributed by atoms with E-state index in [0.29, 0.717) is 72.3 Å². The third-order valence-corrected chi connectivity index (χ3v) is 14.0. The summed E-state index contributed by atoms with van der Waals surface area (Å²) in [5.74, 6) is -1.75. The van der Waals surface area contributed by atoms with Crippen molar-refractivity contribution in [2.45, 2.75) is 86.4 Å². The van der Waals surface area contributed by atoms with Crippen LogP contribution in [0.25, 0.3) is 0 Å². The molecule has 2 N–H and O–H groups in total. The van der Waals surface area contributed by atoms with Crippen LogP contribution < -0.4 is 18.9 Å². The molecule has 0 spiro atoms. The molecular formula is C48H44F8N4O6S2. The topological polar surface area (TPSA) is 137 Å². The molecule has 360 valence electrons. The van der Waals surface area contributed by atoms with Gasteiger partial charge in [0.05, 0.1) is 34.1 Å². The molecule has 20 heteroatoms. The zero-order valence-electron chi connectivity index (χ0n) is 36.4. The van der Waals surface area contributed by atoms with Crippen LogP contribution in [0.2, 0.25) is 0 Å². The van der Waals surface area contributed by atoms with Crippen molar-refractivity contribution in [2.24, 2.45) is 0 Å². The summed E-state index contributed by atoms with van der Waals surface area (Å²) >= 11 is 0. The van der Waals surface area contributed by atoms with Gasteiger partial charge in [-0.3, -0.25) is 9.44 Å². The van der Waals surface area contributed by atoms with Gasteiger partial charge in [0.2, 0.25) is 11.9 Å². The zero-order chi connectivity index (χ0) is 49.0. The molecule has 0 amide bonds. The number of sulfonamides is 2. The summed E-state index contributed by atoms with van der Waals surface area (Å²) < 4.78 is 173. The summed E-state index contributed by atoms with van der Waals surface area (Å²) in [5, 5.41) is 0. The van der Waals surface area contributed by atoms with Gasteiger partial charge in [0.15, 0.2) is 0 Å². The van der Waals surface area contributed by atoms with Crippen molar-refractivity contribution in [3.8, 4) is 11.5 Å². The highest BCUT2D eigenvalue weighted by molar-refractivity contribution is 7.93. The number of ether oxygens (including phenoxy) is 2. The fourth-order valence-electron chi connectivity index (χ4n) is 8.26. The van der Waals surface area contributed by atoms with Crippen molar-refractivity contribution in [1.29, 1.82) is 0 Å². The number of hydrogen-bond acceptors (Lipinski definition) is 8. The number of fused-ring (bicyclic) bond motifs is 2. The van der Waals surface area contributed by atoms with Crippen molar-refractivity contribution in [1.82, 2.24) is 9.97 Å². The first-order valence-corrected chi connectivity index (χ1v) is 24.4. The Kier molecular flexibility index (Phi) is 14.7. The highest BCUT2D eigenvalue weighted by atomic mass is 32.2. The van der Waals surface area contributed by atoms with Crippen molar-refractivity contribution in [3.63, 3.8) is 0 Å². The Labute approximate surface area is 387 Å². The molecule has 4 aromatic carbocycles. The molecule has 0 fully saturated rings. The number of aryl methyl sites for hydroxylation is 2. The van der Waals surface area contributed by atoms with Crippen LogP contribution in [-0.2, 0) is 45.2 Å². The molecule has 0 saturated carbocycles. The maximum Gasteiger partial charge on any atom is 0.416 e. The minimum Gasteiger partial charge on any atom is -0.493 e. The molecule has 0 aliphatic carbocycles. The molecule has 4 heterocycles. The Balaban J connectivity index is 0.000000201. The third-order valence-electron chi connectivity index (χ3n) is 11.3. The van der Waals surface area contributed by atoms with E-state index < -0.39 is 55.4 Å². The number of hydrogen-bond donors (Lipinski definition) is 2. The van der Waals surface area contributed by atoms with Gasteiger partial charge in [-0.15, -0.1) is 0 Å². The first-order chi connectivity index (χ1) is 32.2. The first kappa shape index (κ1) is 49.6. The Morgan fingerprint density at radius 2 is 0.926 bits per heavy atom. The van der Waals surface area contributed by atoms with E-state index in [1.807, 2.05) is 13.8 Å². The molecule has 0 saturated heterocycles. The first-order valence-electron chi connectivity index (χ1n) is 21.4. The third kappa shape index (κ3) is 11.5. The van der Waals surface area contributed by atoms with Crippen LogP contribution >= 0.6 is 0 Å². The predicted molar refractivity (Wildman–Crippen MR) is 238 cm³/mol. The monoisotopic (exact) mass is 988 g/mol. The van der Waals surface area contributed by atoms with E-state index in [-0.39, 0.29) is 46.5 Å². The fourth-order valence-corrected chi connectivity index (χ4v) is 10.3. The number of aromatic nitrogens is 2. The molecule has 8 rings (SSSR count). The molecule has 0 bridgehead atoms. The Bertz CT molecular complexity index is 2820. The maximum atomic E-state index is 13.3. The van der Waals surface area contributed by atoms with Crippen LogP contribution in [-0.4, -0.2) is 40.0 Å². The van der Waals surface area contributed by atoms with Gasteiger partial charge in [-0.2, -0.15) is 35.1 Å². The van der Waals surface area contributed by atoms with Gasteiger partial charge < -0.3 is 9.47 Å². The van der Waals surface area contributed by atoms with Gasteiger partial charge in [-0.05, 0) is 109 Å². The van der Waals surface area contributed by atoms with Gasteiger partial charge >= 0.3 is 12.4 Å². The summed E-state index contributed by atoms with van der Waals surface area (Å²) in [6.07, 6.45) is -5.42. The smallest absolute Gasteiger partial charge is 0.416 e. The molecule has 2 aliphatic rings. The second-order valence-corrected chi connectivity index (χ2v) is 19.4. The van der Waals surface area contributed by atoms with Gasteiger partial charge in [-0.25, -0.2) is 26.8 Å². The van der Waals surface area contributed by atoms with E-state index >= 15 is 0 Å². The Hall–Kier alpha value is -6.28. The molecule has 68 heavy (non-hydrogen) atoms. The number of alkyl halides is 6. The van der Waals surface area contributed by atoms with Crippen molar-refractivity contribution < 1.29 is 61.4 Å². The second-order valence-electron chi connectivity index (χ2n) is 16.0. The van der Waals surface area contributed by atoms with Crippen LogP contribution in [0, 0.1) is 11.9 Å². The lowest BCUT2D eigenvalue weighted by Gasteiger charge is -2.29. The second kappa shape index (κ2) is 20.1. The van der Waals surface area contributed by atoms with E-state index in [0.717, 1.165) is 35.4 Å². The highest BCUT2D eigenvalue weighted by Crippen LogP contribution is 2.44. The van der Waals surface area contributed by atoms with Crippen LogP contribution in [0.15, 0.2) is 119 Å². The van der Waals surface area contributed by atoms with Gasteiger partial charge in [-0.1, -0.05) is 63.1 Å². The molecule has 6 aromatic rings. The number of nitrogens with one attached hydrogen (secondary N) is 2. The fraction of sp³-hybridized carbons (Fsp3) is 0.292. The van der Waals surface area contributed by atoms with E-state index in [2.05, 4.69) is 19.4 Å². The number of nitrogens with zero attached hydrogens (tertiary/aromatic N) is 2. The normalized spacial score (nSPS) is 16.0. The van der Waals surface area contributed by atoms with Crippen LogP contribution in [0.4, 0.5) is 46.8 Å². The zero-order valence-corrected chi connectivity index (χ0v) is 38.0. The SMILES string of the molecule is CCCc1cc(C(F)(F)F)ccc1[C@@H]1CCOc2cc(S(=O)(=O)Nc3cccc(F)n3)ccc21.CCCc1cc(C(F)(F)F)ccc1[C@H]1CCOc2cc(S(=O)(=O)Nc3cccc(F)n3)ccc21. The lowest BCUT2D eigenvalue weighted by atomic mass is 9.82. The van der Waals surface area contributed by atoms with Gasteiger partial charge in [0, 0.05) is 35.1 Å². The van der Waals surface area contributed by atoms with Crippen LogP contribution in [0.5, 0.6) is 11.5 Å². The summed E-state index contributed by atoms with van der Waals surface area (Å²) in [4.78, 5) is 6.82. The molecule has 2 aliphatic heterocycles. The standard InChI is InChI=1S/2C24H22F4N2O3S/c2*1-2-4-15-13-16(24(26,27)28)7-9-18(15)19-11-12-33-21-14-17(8-10-20(19)21)34(31,32)30-23-6-3-5-22(25)29-23/h2*3,5-10,13-14,19H,2,4,11-12H2,1H3,(H,29,30)/t2*19-/m10/s1. The number of rotatable bonds is 12. The summed E-state index contributed by atoms with van der Waals surface area (Å²) in [5.41, 5.74) is 2.80. The molecule has 2 aromatic heterocycles. The lowest BCUT2D eigenvalue weighted by Crippen LogP contribution is -2.19. The van der Waals surface area contributed by atoms with Crippen LogP contribution in [0.1, 0.15) is 95.9 Å². The minimum atomic E-state index is -4.43. The van der Waals surface area contributed by atoms with Crippen molar-refractivity contribution >= 4 is 31.7 Å². The van der Waals surface area contributed by atoms with E-state index in [4.69, 9.17) is 9.47 Å². The average Bonchev–Trinajstić information content (AvgIpc) is 3.28. The Morgan fingerprint density at radius 1 is 0.544 bits per heavy atom. The molecule has 0 radical (unpaired) electrons. The van der Waals surface area contributed by atoms with Gasteiger partial charge in [0.25, 0.3) is 20.0 Å². The van der Waals surface area contributed by atoms with E-state index in [1.54, 1.807) is 12.1 Å². The summed E-state index contributed by atoms with van der Waals surface area (Å²) in [6.45, 7) is 4.37. The molecule has 0 unspecified atom stereocenters. The summed E-state index contributed by atoms with van der Waals surface area (Å²) in [7, 11) is -8.14. The molecule has 2 atom stereocenters. The maximum absolute atomic E-state index is 13.3.